The third-order valence-electron chi connectivity index (χ3n) is 4.77. The summed E-state index contributed by atoms with van der Waals surface area (Å²) in [5.41, 5.74) is 6.78. The number of nitrogens with two attached hydrogens (primary N) is 1. The Morgan fingerprint density at radius 1 is 1.40 bits per heavy atom. The fourth-order valence-corrected chi connectivity index (χ4v) is 3.61. The molecule has 2 saturated heterocycles. The number of nitrogen functional groups attached to an aromatic ring is 1. The Morgan fingerprint density at radius 3 is 2.75 bits per heavy atom. The number of amides is 1. The second-order valence-corrected chi connectivity index (χ2v) is 6.01. The normalized spacial score (nSPS) is 29.9. The highest BCUT2D eigenvalue weighted by molar-refractivity contribution is 5.99. The van der Waals surface area contributed by atoms with Crippen molar-refractivity contribution < 1.29 is 4.79 Å². The van der Waals surface area contributed by atoms with E-state index in [1.807, 2.05) is 0 Å². The molecule has 108 valence electrons. The molecule has 2 atom stereocenters. The Balaban J connectivity index is 1.67. The van der Waals surface area contributed by atoms with Crippen molar-refractivity contribution in [1.29, 1.82) is 0 Å². The van der Waals surface area contributed by atoms with Crippen LogP contribution in [0.15, 0.2) is 18.5 Å². The van der Waals surface area contributed by atoms with E-state index in [9.17, 15) is 4.79 Å². The quantitative estimate of drug-likeness (QED) is 0.855. The molecular formula is C15H22N4O. The lowest BCUT2D eigenvalue weighted by atomic mass is 9.82. The molecule has 2 fully saturated rings. The molecule has 0 aromatic carbocycles. The van der Waals surface area contributed by atoms with Gasteiger partial charge in [-0.3, -0.25) is 9.78 Å². The number of pyridine rings is 1. The van der Waals surface area contributed by atoms with Crippen molar-refractivity contribution in [3.8, 4) is 0 Å². The van der Waals surface area contributed by atoms with Crippen molar-refractivity contribution in [1.82, 2.24) is 15.2 Å². The van der Waals surface area contributed by atoms with Crippen LogP contribution in [0, 0.1) is 0 Å². The first kappa shape index (κ1) is 13.4. The van der Waals surface area contributed by atoms with Crippen LogP contribution in [0.2, 0.25) is 0 Å². The molecule has 2 aliphatic rings. The van der Waals surface area contributed by atoms with Crippen LogP contribution >= 0.6 is 0 Å². The summed E-state index contributed by atoms with van der Waals surface area (Å²) in [6, 6.07) is 3.17. The fourth-order valence-electron chi connectivity index (χ4n) is 3.61. The third-order valence-corrected chi connectivity index (χ3v) is 4.77. The van der Waals surface area contributed by atoms with Crippen LogP contribution in [0.1, 0.15) is 42.5 Å². The number of hydrogen-bond donors (Lipinski definition) is 2. The Hall–Kier alpha value is -1.62. The number of carbonyl (C=O) groups excluding carboxylic acids is 1. The first-order valence-corrected chi connectivity index (χ1v) is 7.37. The zero-order chi connectivity index (χ0) is 14.1. The predicted molar refractivity (Wildman–Crippen MR) is 78.3 cm³/mol. The predicted octanol–water partition coefficient (Wildman–Crippen LogP) is 1.41. The molecule has 3 N–H and O–H groups in total. The molecule has 0 aliphatic carbocycles. The molecule has 3 heterocycles. The van der Waals surface area contributed by atoms with Gasteiger partial charge in [-0.15, -0.1) is 0 Å². The summed E-state index contributed by atoms with van der Waals surface area (Å²) in [6.45, 7) is 0. The largest absolute Gasteiger partial charge is 0.397 e. The van der Waals surface area contributed by atoms with E-state index in [0.717, 1.165) is 12.8 Å². The Bertz CT molecular complexity index is 490. The number of anilines is 1. The number of hydrogen-bond acceptors (Lipinski definition) is 4. The van der Waals surface area contributed by atoms with E-state index < -0.39 is 0 Å². The van der Waals surface area contributed by atoms with Gasteiger partial charge in [-0.1, -0.05) is 6.42 Å². The first-order chi connectivity index (χ1) is 9.65. The van der Waals surface area contributed by atoms with Crippen LogP contribution in [0.25, 0.3) is 0 Å². The molecule has 0 radical (unpaired) electrons. The van der Waals surface area contributed by atoms with Gasteiger partial charge >= 0.3 is 0 Å². The smallest absolute Gasteiger partial charge is 0.253 e. The van der Waals surface area contributed by atoms with Crippen molar-refractivity contribution in [2.24, 2.45) is 0 Å². The number of carbonyl (C=O) groups is 1. The average Bonchev–Trinajstić information content (AvgIpc) is 2.40. The lowest BCUT2D eigenvalue weighted by Gasteiger charge is -2.47. The summed E-state index contributed by atoms with van der Waals surface area (Å²) in [4.78, 5) is 18.7. The lowest BCUT2D eigenvalue weighted by Crippen LogP contribution is -2.55. The molecule has 0 spiro atoms. The van der Waals surface area contributed by atoms with Crippen LogP contribution in [-0.2, 0) is 0 Å². The summed E-state index contributed by atoms with van der Waals surface area (Å²) >= 11 is 0. The maximum absolute atomic E-state index is 12.3. The molecule has 2 bridgehead atoms. The van der Waals surface area contributed by atoms with Gasteiger partial charge < -0.3 is 16.0 Å². The highest BCUT2D eigenvalue weighted by atomic mass is 16.1. The molecule has 1 aromatic heterocycles. The zero-order valence-electron chi connectivity index (χ0n) is 11.9. The number of nitrogens with one attached hydrogen (secondary N) is 1. The third kappa shape index (κ3) is 2.50. The van der Waals surface area contributed by atoms with Gasteiger partial charge in [0.25, 0.3) is 5.91 Å². The summed E-state index contributed by atoms with van der Waals surface area (Å²) < 4.78 is 0. The number of fused-ring (bicyclic) bond motifs is 2. The van der Waals surface area contributed by atoms with Gasteiger partial charge in [0, 0.05) is 24.3 Å². The van der Waals surface area contributed by atoms with Crippen molar-refractivity contribution in [2.45, 2.75) is 50.2 Å². The van der Waals surface area contributed by atoms with Gasteiger partial charge in [0.05, 0.1) is 17.4 Å². The van der Waals surface area contributed by atoms with Gasteiger partial charge in [-0.25, -0.2) is 0 Å². The van der Waals surface area contributed by atoms with Crippen molar-refractivity contribution in [3.63, 3.8) is 0 Å². The van der Waals surface area contributed by atoms with Crippen LogP contribution < -0.4 is 11.1 Å². The van der Waals surface area contributed by atoms with Crippen LogP contribution in [0.5, 0.6) is 0 Å². The van der Waals surface area contributed by atoms with Gasteiger partial charge in [0.2, 0.25) is 0 Å². The van der Waals surface area contributed by atoms with Crippen LogP contribution in [-0.4, -0.2) is 41.0 Å². The second-order valence-electron chi connectivity index (χ2n) is 6.01. The summed E-state index contributed by atoms with van der Waals surface area (Å²) in [6.07, 6.45) is 9.03. The number of rotatable bonds is 2. The van der Waals surface area contributed by atoms with Gasteiger partial charge in [-0.05, 0) is 38.8 Å². The fraction of sp³-hybridized carbons (Fsp3) is 0.600. The standard InChI is InChI=1S/C15H22N4O/c1-19-11-3-2-4-12(19)8-10(7-11)18-15(20)13-5-6-17-9-14(13)16/h5-6,9-12H,2-4,7-8,16H2,1H3,(H,18,20). The molecule has 1 aromatic rings. The number of piperidine rings is 2. The van der Waals surface area contributed by atoms with Crippen LogP contribution in [0.3, 0.4) is 0 Å². The van der Waals surface area contributed by atoms with Crippen LogP contribution in [0.4, 0.5) is 5.69 Å². The number of nitrogens with zero attached hydrogens (tertiary/aromatic N) is 2. The van der Waals surface area contributed by atoms with E-state index in [1.54, 1.807) is 12.3 Å². The van der Waals surface area contributed by atoms with Crippen molar-refractivity contribution >= 4 is 11.6 Å². The van der Waals surface area contributed by atoms with E-state index in [-0.39, 0.29) is 11.9 Å². The summed E-state index contributed by atoms with van der Waals surface area (Å²) in [5.74, 6) is -0.0717. The molecule has 5 heteroatoms. The minimum Gasteiger partial charge on any atom is -0.397 e. The van der Waals surface area contributed by atoms with E-state index in [1.165, 1.54) is 25.5 Å². The van der Waals surface area contributed by atoms with E-state index in [4.69, 9.17) is 5.73 Å². The highest BCUT2D eigenvalue weighted by Gasteiger charge is 2.36. The summed E-state index contributed by atoms with van der Waals surface area (Å²) in [5, 5.41) is 3.15. The Labute approximate surface area is 119 Å². The molecule has 1 amide bonds. The van der Waals surface area contributed by atoms with Gasteiger partial charge in [0.1, 0.15) is 0 Å². The monoisotopic (exact) mass is 274 g/mol. The Morgan fingerprint density at radius 2 is 2.10 bits per heavy atom. The number of aromatic nitrogens is 1. The van der Waals surface area contributed by atoms with Gasteiger partial charge in [0.15, 0.2) is 0 Å². The molecular weight excluding hydrogens is 252 g/mol. The minimum absolute atomic E-state index is 0.0717. The van der Waals surface area contributed by atoms with E-state index in [2.05, 4.69) is 22.2 Å². The van der Waals surface area contributed by atoms with Crippen molar-refractivity contribution in [2.75, 3.05) is 12.8 Å². The second kappa shape index (κ2) is 5.40. The average molecular weight is 274 g/mol. The maximum Gasteiger partial charge on any atom is 0.253 e. The van der Waals surface area contributed by atoms with Crippen molar-refractivity contribution in [3.05, 3.63) is 24.0 Å². The summed E-state index contributed by atoms with van der Waals surface area (Å²) in [7, 11) is 2.22. The molecule has 2 unspecified atom stereocenters. The highest BCUT2D eigenvalue weighted by Crippen LogP contribution is 2.32. The van der Waals surface area contributed by atoms with E-state index in [0.29, 0.717) is 23.3 Å². The first-order valence-electron chi connectivity index (χ1n) is 7.37. The van der Waals surface area contributed by atoms with E-state index >= 15 is 0 Å². The molecule has 3 rings (SSSR count). The Kier molecular flexibility index (Phi) is 3.61. The topological polar surface area (TPSA) is 71.2 Å². The minimum atomic E-state index is -0.0717. The maximum atomic E-state index is 12.3. The molecule has 0 saturated carbocycles. The van der Waals surface area contributed by atoms with Gasteiger partial charge in [-0.2, -0.15) is 0 Å². The molecule has 5 nitrogen and oxygen atoms in total. The zero-order valence-corrected chi connectivity index (χ0v) is 11.9. The SMILES string of the molecule is CN1C2CCCC1CC(NC(=O)c1ccncc1N)C2. The lowest BCUT2D eigenvalue weighted by molar-refractivity contribution is 0.0463. The molecule has 20 heavy (non-hydrogen) atoms. The molecule has 2 aliphatic heterocycles.